The van der Waals surface area contributed by atoms with Crippen molar-refractivity contribution in [3.05, 3.63) is 84.4 Å². The van der Waals surface area contributed by atoms with Gasteiger partial charge >= 0.3 is 0 Å². The third kappa shape index (κ3) is 3.01. The van der Waals surface area contributed by atoms with Crippen LogP contribution in [0.4, 0.5) is 0 Å². The molecule has 0 aliphatic heterocycles. The molecule has 1 aromatic heterocycles. The van der Waals surface area contributed by atoms with Crippen molar-refractivity contribution in [2.45, 2.75) is 6.92 Å². The minimum Gasteiger partial charge on any atom is -0.612 e. The summed E-state index contributed by atoms with van der Waals surface area (Å²) in [5, 5.41) is 12.6. The Morgan fingerprint density at radius 1 is 0.917 bits per heavy atom. The number of aryl methyl sites for hydroxylation is 1. The molecule has 0 unspecified atom stereocenters. The summed E-state index contributed by atoms with van der Waals surface area (Å²) in [4.78, 5) is 0. The van der Waals surface area contributed by atoms with E-state index in [1.165, 1.54) is 12.7 Å². The minimum atomic E-state index is -0.406. The number of rotatable bonds is 3. The summed E-state index contributed by atoms with van der Waals surface area (Å²) in [6.07, 6.45) is 0. The van der Waals surface area contributed by atoms with E-state index < -0.39 is 5.95 Å². The van der Waals surface area contributed by atoms with E-state index in [0.717, 1.165) is 22.4 Å². The molecule has 0 N–H and O–H groups in total. The lowest BCUT2D eigenvalue weighted by atomic mass is 10.0. The fourth-order valence-electron chi connectivity index (χ4n) is 2.66. The lowest BCUT2D eigenvalue weighted by molar-refractivity contribution is -0.508. The van der Waals surface area contributed by atoms with Crippen molar-refractivity contribution in [3.63, 3.8) is 0 Å². The first kappa shape index (κ1) is 15.8. The van der Waals surface area contributed by atoms with Gasteiger partial charge < -0.3 is 9.84 Å². The third-order valence-corrected chi connectivity index (χ3v) is 4.02. The molecule has 1 heterocycles. The second-order valence-electron chi connectivity index (χ2n) is 5.67. The molecule has 0 fully saturated rings. The van der Waals surface area contributed by atoms with Crippen LogP contribution in [0.5, 0.6) is 0 Å². The summed E-state index contributed by atoms with van der Waals surface area (Å²) in [5.41, 5.74) is 5.04. The van der Waals surface area contributed by atoms with Crippen molar-refractivity contribution < 1.29 is 14.1 Å². The molecule has 0 amide bonds. The highest BCUT2D eigenvalue weighted by molar-refractivity contribution is 5.69. The molecule has 0 aliphatic rings. The first-order valence-electron chi connectivity index (χ1n) is 7.72. The number of ether oxygens (including phenoxy) is 1. The maximum atomic E-state index is 12.2. The summed E-state index contributed by atoms with van der Waals surface area (Å²) < 4.78 is 6.54. The van der Waals surface area contributed by atoms with Crippen molar-refractivity contribution in [2.24, 2.45) is 0 Å². The highest BCUT2D eigenvalue weighted by atomic mass is 16.6. The lowest BCUT2D eigenvalue weighted by Crippen LogP contribution is -2.42. The second kappa shape index (κ2) is 6.59. The van der Waals surface area contributed by atoms with Crippen LogP contribution >= 0.6 is 0 Å². The molecule has 0 saturated carbocycles. The number of pyridine rings is 1. The van der Waals surface area contributed by atoms with Gasteiger partial charge in [-0.2, -0.15) is 4.24 Å². The van der Waals surface area contributed by atoms with Crippen LogP contribution in [0.15, 0.2) is 66.7 Å². The van der Waals surface area contributed by atoms with Crippen LogP contribution in [0.3, 0.4) is 0 Å². The molecule has 120 valence electrons. The molecule has 0 bridgehead atoms. The number of hydrogen-bond donors (Lipinski definition) is 0. The zero-order valence-corrected chi connectivity index (χ0v) is 13.8. The molecule has 0 saturated heterocycles. The van der Waals surface area contributed by atoms with Crippen molar-refractivity contribution in [1.82, 2.24) is 0 Å². The minimum absolute atomic E-state index is 0.406. The summed E-state index contributed by atoms with van der Waals surface area (Å²) >= 11 is 0. The van der Waals surface area contributed by atoms with Gasteiger partial charge in [-0.25, -0.2) is 0 Å². The van der Waals surface area contributed by atoms with Crippen molar-refractivity contribution in [2.75, 3.05) is 7.11 Å². The normalized spacial score (nSPS) is 11.9. The van der Waals surface area contributed by atoms with Crippen LogP contribution < -0.4 is 14.7 Å². The van der Waals surface area contributed by atoms with E-state index in [1.807, 2.05) is 61.5 Å². The van der Waals surface area contributed by atoms with E-state index in [0.29, 0.717) is 5.35 Å². The fraction of sp³-hybridized carbons (Fsp3) is 0.0952. The Hall–Kier alpha value is -3.07. The number of methoxy groups -OCH3 is 1. The zero-order valence-electron chi connectivity index (χ0n) is 13.8. The van der Waals surface area contributed by atoms with Gasteiger partial charge in [0.1, 0.15) is 12.7 Å². The van der Waals surface area contributed by atoms with Crippen LogP contribution in [0, 0.1) is 13.6 Å². The highest BCUT2D eigenvalue weighted by Crippen LogP contribution is 2.22. The predicted octanol–water partition coefficient (Wildman–Crippen LogP) is 2.33. The van der Waals surface area contributed by atoms with Gasteiger partial charge in [0.15, 0.2) is 0 Å². The zero-order chi connectivity index (χ0) is 17.1. The quantitative estimate of drug-likeness (QED) is 0.695. The molecule has 0 spiro atoms. The average molecular weight is 317 g/mol. The molecule has 0 atom stereocenters. The van der Waals surface area contributed by atoms with E-state index in [1.54, 1.807) is 4.24 Å². The van der Waals surface area contributed by atoms with Gasteiger partial charge in [0.2, 0.25) is 11.0 Å². The van der Waals surface area contributed by atoms with Crippen LogP contribution in [-0.2, 0) is 4.74 Å². The Balaban J connectivity index is 2.32. The topological polar surface area (TPSA) is 38.2 Å². The molecular formula is C21H19NO2. The number of nitrogens with zero attached hydrogens (tertiary/aromatic N) is 1. The van der Waals surface area contributed by atoms with Crippen LogP contribution in [-0.4, -0.2) is 7.11 Å². The molecule has 24 heavy (non-hydrogen) atoms. The maximum absolute atomic E-state index is 12.2. The Morgan fingerprint density at radius 3 is 2.21 bits per heavy atom. The molecule has 0 radical (unpaired) electrons. The summed E-state index contributed by atoms with van der Waals surface area (Å²) in [6.45, 7) is 6.08. The van der Waals surface area contributed by atoms with Crippen LogP contribution in [0.25, 0.3) is 28.3 Å². The largest absolute Gasteiger partial charge is 0.612 e. The Kier molecular flexibility index (Phi) is 4.34. The molecule has 0 aliphatic carbocycles. The number of benzene rings is 2. The van der Waals surface area contributed by atoms with Gasteiger partial charge in [-0.05, 0) is 37.3 Å². The van der Waals surface area contributed by atoms with Gasteiger partial charge in [0.05, 0.1) is 0 Å². The standard InChI is InChI=1S/C21H19NO2/c1-15-9-11-16(12-10-15)18-13-19(17-7-5-4-6-8-17)22(2)20(14-18)21(23)24-3/h4-14H,2H2,1,3H3. The SMILES string of the molecule is C=[n+]1c(-c2ccccc2)cc(-c2ccc(C)cc2)cc1=C([O-])OC. The van der Waals surface area contributed by atoms with E-state index in [2.05, 4.69) is 18.9 Å². The Bertz CT molecular complexity index is 961. The van der Waals surface area contributed by atoms with E-state index >= 15 is 0 Å². The van der Waals surface area contributed by atoms with Gasteiger partial charge in [0.25, 0.3) is 0 Å². The van der Waals surface area contributed by atoms with E-state index in [9.17, 15) is 5.11 Å². The van der Waals surface area contributed by atoms with Gasteiger partial charge in [-0.3, -0.25) is 0 Å². The maximum Gasteiger partial charge on any atom is 0.233 e. The molecular weight excluding hydrogens is 298 g/mol. The second-order valence-corrected chi connectivity index (χ2v) is 5.67. The van der Waals surface area contributed by atoms with Crippen molar-refractivity contribution >= 4 is 5.95 Å². The predicted molar refractivity (Wildman–Crippen MR) is 93.0 cm³/mol. The van der Waals surface area contributed by atoms with Crippen LogP contribution in [0.2, 0.25) is 0 Å². The van der Waals surface area contributed by atoms with E-state index in [-0.39, 0.29) is 0 Å². The molecule has 2 aromatic carbocycles. The lowest BCUT2D eigenvalue weighted by Gasteiger charge is -2.08. The number of hydrogen-bond acceptors (Lipinski definition) is 2. The fourth-order valence-corrected chi connectivity index (χ4v) is 2.66. The van der Waals surface area contributed by atoms with Gasteiger partial charge in [0, 0.05) is 17.7 Å². The van der Waals surface area contributed by atoms with Crippen LogP contribution in [0.1, 0.15) is 5.56 Å². The summed E-state index contributed by atoms with van der Waals surface area (Å²) in [5.74, 6) is -0.406. The molecule has 3 heteroatoms. The smallest absolute Gasteiger partial charge is 0.233 e. The summed E-state index contributed by atoms with van der Waals surface area (Å²) in [7, 11) is 1.38. The van der Waals surface area contributed by atoms with E-state index in [4.69, 9.17) is 4.74 Å². The van der Waals surface area contributed by atoms with Crippen molar-refractivity contribution in [3.8, 4) is 22.4 Å². The average Bonchev–Trinajstić information content (AvgIpc) is 2.63. The first-order chi connectivity index (χ1) is 11.6. The number of aromatic nitrogens is 1. The molecule has 3 nitrogen and oxygen atoms in total. The monoisotopic (exact) mass is 317 g/mol. The Morgan fingerprint density at radius 2 is 1.58 bits per heavy atom. The third-order valence-electron chi connectivity index (χ3n) is 4.02. The summed E-state index contributed by atoms with van der Waals surface area (Å²) in [6, 6.07) is 22.0. The highest BCUT2D eigenvalue weighted by Gasteiger charge is 2.12. The van der Waals surface area contributed by atoms with Crippen molar-refractivity contribution in [1.29, 1.82) is 0 Å². The van der Waals surface area contributed by atoms with Gasteiger partial charge in [-0.1, -0.05) is 48.0 Å². The molecule has 3 rings (SSSR count). The van der Waals surface area contributed by atoms with Gasteiger partial charge in [-0.15, -0.1) is 0 Å². The Labute approximate surface area is 141 Å². The molecule has 3 aromatic rings. The first-order valence-corrected chi connectivity index (χ1v) is 7.72.